The van der Waals surface area contributed by atoms with Crippen LogP contribution in [0.3, 0.4) is 0 Å². The Labute approximate surface area is 229 Å². The van der Waals surface area contributed by atoms with E-state index in [1.807, 2.05) is 0 Å². The smallest absolute Gasteiger partial charge is 0.0462 e. The summed E-state index contributed by atoms with van der Waals surface area (Å²) < 4.78 is 0. The van der Waals surface area contributed by atoms with Crippen LogP contribution in [-0.4, -0.2) is 0 Å². The van der Waals surface area contributed by atoms with Gasteiger partial charge < -0.3 is 4.90 Å². The van der Waals surface area contributed by atoms with E-state index in [0.29, 0.717) is 0 Å². The first-order valence-corrected chi connectivity index (χ1v) is 13.4. The Morgan fingerprint density at radius 3 is 1.08 bits per heavy atom. The molecular formula is C38H27N. The Morgan fingerprint density at radius 2 is 0.615 bits per heavy atom. The molecule has 0 aromatic heterocycles. The number of fused-ring (bicyclic) bond motifs is 2. The number of hydrogen-bond acceptors (Lipinski definition) is 1. The maximum absolute atomic E-state index is 2.31. The van der Waals surface area contributed by atoms with Crippen LogP contribution < -0.4 is 4.90 Å². The summed E-state index contributed by atoms with van der Waals surface area (Å²) in [6.07, 6.45) is 0. The number of para-hydroxylation sites is 1. The first-order chi connectivity index (χ1) is 19.3. The highest BCUT2D eigenvalue weighted by Gasteiger charge is 2.13. The van der Waals surface area contributed by atoms with E-state index >= 15 is 0 Å². The van der Waals surface area contributed by atoms with Crippen LogP contribution >= 0.6 is 0 Å². The van der Waals surface area contributed by atoms with E-state index in [4.69, 9.17) is 0 Å². The fraction of sp³-hybridized carbons (Fsp3) is 0. The van der Waals surface area contributed by atoms with Gasteiger partial charge in [0.15, 0.2) is 0 Å². The molecule has 39 heavy (non-hydrogen) atoms. The van der Waals surface area contributed by atoms with Crippen molar-refractivity contribution in [2.45, 2.75) is 0 Å². The molecule has 0 unspecified atom stereocenters. The molecule has 1 heteroatoms. The van der Waals surface area contributed by atoms with E-state index in [9.17, 15) is 0 Å². The van der Waals surface area contributed by atoms with Crippen LogP contribution in [0, 0.1) is 0 Å². The van der Waals surface area contributed by atoms with Crippen molar-refractivity contribution in [3.8, 4) is 22.3 Å². The number of nitrogens with zero attached hydrogens (tertiary/aromatic N) is 1. The predicted molar refractivity (Wildman–Crippen MR) is 167 cm³/mol. The second kappa shape index (κ2) is 9.96. The van der Waals surface area contributed by atoms with Gasteiger partial charge in [-0.25, -0.2) is 0 Å². The van der Waals surface area contributed by atoms with Gasteiger partial charge in [-0.05, 0) is 92.3 Å². The Hall–Kier alpha value is -5.14. The maximum Gasteiger partial charge on any atom is 0.0462 e. The zero-order valence-electron chi connectivity index (χ0n) is 21.5. The van der Waals surface area contributed by atoms with Crippen LogP contribution in [0.2, 0.25) is 0 Å². The lowest BCUT2D eigenvalue weighted by molar-refractivity contribution is 1.28. The monoisotopic (exact) mass is 497 g/mol. The summed E-state index contributed by atoms with van der Waals surface area (Å²) in [5.74, 6) is 0. The molecule has 0 saturated heterocycles. The fourth-order valence-electron chi connectivity index (χ4n) is 5.37. The number of hydrogen-bond donors (Lipinski definition) is 0. The maximum atomic E-state index is 2.31. The van der Waals surface area contributed by atoms with Crippen molar-refractivity contribution in [3.05, 3.63) is 164 Å². The van der Waals surface area contributed by atoms with E-state index in [-0.39, 0.29) is 0 Å². The molecule has 0 radical (unpaired) electrons. The van der Waals surface area contributed by atoms with Crippen molar-refractivity contribution in [1.82, 2.24) is 0 Å². The molecule has 1 nitrogen and oxygen atoms in total. The molecule has 0 N–H and O–H groups in total. The SMILES string of the molecule is c1ccc(N(c2ccc(-c3ccc4ccccc4c3)cc2)c2ccc(-c3ccc4ccccc4c3)cc2)cc1. The highest BCUT2D eigenvalue weighted by Crippen LogP contribution is 2.37. The third-order valence-corrected chi connectivity index (χ3v) is 7.43. The predicted octanol–water partition coefficient (Wildman–Crippen LogP) is 10.8. The normalized spacial score (nSPS) is 11.1. The molecule has 0 bridgehead atoms. The van der Waals surface area contributed by atoms with Gasteiger partial charge in [-0.3, -0.25) is 0 Å². The Morgan fingerprint density at radius 1 is 0.256 bits per heavy atom. The Balaban J connectivity index is 1.24. The first-order valence-electron chi connectivity index (χ1n) is 13.4. The van der Waals surface area contributed by atoms with Crippen LogP contribution in [0.15, 0.2) is 164 Å². The van der Waals surface area contributed by atoms with Crippen molar-refractivity contribution in [3.63, 3.8) is 0 Å². The second-order valence-corrected chi connectivity index (χ2v) is 9.89. The zero-order chi connectivity index (χ0) is 26.0. The highest BCUT2D eigenvalue weighted by atomic mass is 15.1. The summed E-state index contributed by atoms with van der Waals surface area (Å²) in [5, 5.41) is 5.05. The van der Waals surface area contributed by atoms with Gasteiger partial charge in [-0.1, -0.05) is 115 Å². The molecule has 7 aromatic rings. The lowest BCUT2D eigenvalue weighted by Gasteiger charge is -2.26. The van der Waals surface area contributed by atoms with Gasteiger partial charge in [0.2, 0.25) is 0 Å². The number of benzene rings is 7. The lowest BCUT2D eigenvalue weighted by Crippen LogP contribution is -2.09. The van der Waals surface area contributed by atoms with Crippen molar-refractivity contribution in [1.29, 1.82) is 0 Å². The molecule has 0 amide bonds. The molecule has 0 atom stereocenters. The van der Waals surface area contributed by atoms with Gasteiger partial charge in [0, 0.05) is 17.1 Å². The molecule has 0 aliphatic carbocycles. The molecule has 0 aliphatic rings. The van der Waals surface area contributed by atoms with Gasteiger partial charge >= 0.3 is 0 Å². The minimum absolute atomic E-state index is 1.13. The van der Waals surface area contributed by atoms with Crippen LogP contribution in [0.1, 0.15) is 0 Å². The molecule has 184 valence electrons. The van der Waals surface area contributed by atoms with Gasteiger partial charge in [-0.15, -0.1) is 0 Å². The zero-order valence-corrected chi connectivity index (χ0v) is 21.5. The summed E-state index contributed by atoms with van der Waals surface area (Å²) in [6.45, 7) is 0. The average molecular weight is 498 g/mol. The third-order valence-electron chi connectivity index (χ3n) is 7.43. The van der Waals surface area contributed by atoms with E-state index in [1.54, 1.807) is 0 Å². The first kappa shape index (κ1) is 23.0. The minimum Gasteiger partial charge on any atom is -0.311 e. The second-order valence-electron chi connectivity index (χ2n) is 9.89. The van der Waals surface area contributed by atoms with E-state index in [0.717, 1.165) is 17.1 Å². The standard InChI is InChI=1S/C38H27N/c1-2-12-36(13-3-1)39(37-22-18-30(19-23-37)34-16-14-28-8-4-6-10-32(28)26-34)38-24-20-31(21-25-38)35-17-15-29-9-5-7-11-33(29)27-35/h1-27H. The summed E-state index contributed by atoms with van der Waals surface area (Å²) in [5.41, 5.74) is 8.27. The Kier molecular flexibility index (Phi) is 5.88. The van der Waals surface area contributed by atoms with E-state index in [2.05, 4.69) is 169 Å². The average Bonchev–Trinajstić information content (AvgIpc) is 3.02. The largest absolute Gasteiger partial charge is 0.311 e. The van der Waals surface area contributed by atoms with Crippen LogP contribution in [0.5, 0.6) is 0 Å². The van der Waals surface area contributed by atoms with Gasteiger partial charge in [-0.2, -0.15) is 0 Å². The van der Waals surface area contributed by atoms with Gasteiger partial charge in [0.05, 0.1) is 0 Å². The highest BCUT2D eigenvalue weighted by molar-refractivity contribution is 5.89. The lowest BCUT2D eigenvalue weighted by atomic mass is 10.00. The third kappa shape index (κ3) is 4.56. The van der Waals surface area contributed by atoms with Gasteiger partial charge in [0.25, 0.3) is 0 Å². The molecule has 0 aliphatic heterocycles. The minimum atomic E-state index is 1.13. The topological polar surface area (TPSA) is 3.24 Å². The quantitative estimate of drug-likeness (QED) is 0.229. The number of rotatable bonds is 5. The fourth-order valence-corrected chi connectivity index (χ4v) is 5.37. The van der Waals surface area contributed by atoms with E-state index in [1.165, 1.54) is 43.8 Å². The molecular weight excluding hydrogens is 470 g/mol. The van der Waals surface area contributed by atoms with E-state index < -0.39 is 0 Å². The molecule has 0 spiro atoms. The number of anilines is 3. The molecule has 0 fully saturated rings. The Bertz CT molecular complexity index is 1760. The van der Waals surface area contributed by atoms with Crippen molar-refractivity contribution >= 4 is 38.6 Å². The molecule has 0 heterocycles. The molecule has 7 rings (SSSR count). The summed E-state index contributed by atoms with van der Waals surface area (Å²) in [7, 11) is 0. The summed E-state index contributed by atoms with van der Waals surface area (Å²) in [4.78, 5) is 2.31. The van der Waals surface area contributed by atoms with Crippen LogP contribution in [0.4, 0.5) is 17.1 Å². The summed E-state index contributed by atoms with van der Waals surface area (Å²) >= 11 is 0. The van der Waals surface area contributed by atoms with Crippen molar-refractivity contribution in [2.75, 3.05) is 4.90 Å². The van der Waals surface area contributed by atoms with Crippen LogP contribution in [0.25, 0.3) is 43.8 Å². The summed E-state index contributed by atoms with van der Waals surface area (Å²) in [6, 6.07) is 58.7. The molecule has 7 aromatic carbocycles. The molecule has 0 saturated carbocycles. The van der Waals surface area contributed by atoms with Crippen molar-refractivity contribution < 1.29 is 0 Å². The van der Waals surface area contributed by atoms with Gasteiger partial charge in [0.1, 0.15) is 0 Å². The van der Waals surface area contributed by atoms with Crippen LogP contribution in [-0.2, 0) is 0 Å². The van der Waals surface area contributed by atoms with Crippen molar-refractivity contribution in [2.24, 2.45) is 0 Å².